The number of aromatic amines is 1. The van der Waals surface area contributed by atoms with Gasteiger partial charge in [-0.25, -0.2) is 13.4 Å². The van der Waals surface area contributed by atoms with Gasteiger partial charge in [-0.3, -0.25) is 19.4 Å². The monoisotopic (exact) mass is 834 g/mol. The predicted molar refractivity (Wildman–Crippen MR) is 232 cm³/mol. The van der Waals surface area contributed by atoms with E-state index in [1.807, 2.05) is 25.1 Å². The number of nitrogens with zero attached hydrogens (tertiary/aromatic N) is 3. The van der Waals surface area contributed by atoms with Crippen molar-refractivity contribution in [3.05, 3.63) is 130 Å². The molecule has 14 heteroatoms. The summed E-state index contributed by atoms with van der Waals surface area (Å²) < 4.78 is 33.0. The van der Waals surface area contributed by atoms with E-state index in [9.17, 15) is 28.2 Å². The van der Waals surface area contributed by atoms with E-state index in [4.69, 9.17) is 4.74 Å². The van der Waals surface area contributed by atoms with Crippen LogP contribution in [-0.4, -0.2) is 83.1 Å². The minimum Gasteiger partial charge on any atom is -0.506 e. The number of aryl methyl sites for hydroxylation is 1. The van der Waals surface area contributed by atoms with Gasteiger partial charge in [0.05, 0.1) is 27.7 Å². The fraction of sp³-hybridized carbons (Fsp3) is 0.370. The molecule has 5 N–H and O–H groups in total. The number of phenolic OH excluding ortho intramolecular Hbond substituents is 1. The largest absolute Gasteiger partial charge is 0.506 e. The summed E-state index contributed by atoms with van der Waals surface area (Å²) in [6.45, 7) is 8.79. The molecule has 0 bridgehead atoms. The summed E-state index contributed by atoms with van der Waals surface area (Å²) in [4.78, 5) is 37.0. The number of H-pyrrole nitrogens is 1. The molecule has 2 atom stereocenters. The number of phenols is 1. The van der Waals surface area contributed by atoms with Crippen LogP contribution in [0.4, 0.5) is 5.82 Å². The zero-order valence-electron chi connectivity index (χ0n) is 34.1. The van der Waals surface area contributed by atoms with Crippen LogP contribution in [0, 0.1) is 6.92 Å². The van der Waals surface area contributed by atoms with E-state index in [0.29, 0.717) is 29.0 Å². The molecule has 5 aromatic rings. The second-order valence-corrected chi connectivity index (χ2v) is 17.6. The second-order valence-electron chi connectivity index (χ2n) is 15.6. The molecule has 0 spiro atoms. The Morgan fingerprint density at radius 3 is 2.47 bits per heavy atom. The van der Waals surface area contributed by atoms with Crippen LogP contribution in [0.5, 0.6) is 11.5 Å². The number of hydrogen-bond acceptors (Lipinski definition) is 11. The first-order valence-electron chi connectivity index (χ1n) is 20.8. The molecule has 2 aliphatic rings. The van der Waals surface area contributed by atoms with Gasteiger partial charge in [0.2, 0.25) is 15.4 Å². The third kappa shape index (κ3) is 10.1. The van der Waals surface area contributed by atoms with Crippen LogP contribution in [0.15, 0.2) is 112 Å². The topological polar surface area (TPSA) is 177 Å². The van der Waals surface area contributed by atoms with Crippen molar-refractivity contribution >= 4 is 32.5 Å². The third-order valence-corrected chi connectivity index (χ3v) is 13.5. The lowest BCUT2D eigenvalue weighted by atomic mass is 9.93. The molecule has 7 rings (SSSR count). The predicted octanol–water partition coefficient (Wildman–Crippen LogP) is 6.53. The molecule has 3 heterocycles. The molecule has 1 aliphatic carbocycles. The summed E-state index contributed by atoms with van der Waals surface area (Å²) in [5.41, 5.74) is 3.12. The molecule has 2 aromatic heterocycles. The number of anilines is 1. The zero-order valence-corrected chi connectivity index (χ0v) is 35.0. The number of sulfone groups is 1. The van der Waals surface area contributed by atoms with Crippen molar-refractivity contribution in [2.45, 2.75) is 86.9 Å². The van der Waals surface area contributed by atoms with Gasteiger partial charge in [-0.05, 0) is 91.4 Å². The Balaban J connectivity index is 0.891. The number of carbonyl (C=O) groups excluding carboxylic acids is 1. The molecular weight excluding hydrogens is 781 g/mol. The minimum atomic E-state index is -3.83. The summed E-state index contributed by atoms with van der Waals surface area (Å²) >= 11 is 0. The van der Waals surface area contributed by atoms with Crippen LogP contribution < -0.4 is 20.9 Å². The van der Waals surface area contributed by atoms with E-state index in [2.05, 4.69) is 37.3 Å². The zero-order chi connectivity index (χ0) is 42.2. The number of ether oxygens (including phenoxy) is 1. The molecule has 60 heavy (non-hydrogen) atoms. The number of piperazine rings is 1. The highest BCUT2D eigenvalue weighted by Gasteiger charge is 2.29. The van der Waals surface area contributed by atoms with Gasteiger partial charge >= 0.3 is 0 Å². The summed E-state index contributed by atoms with van der Waals surface area (Å²) in [6.07, 6.45) is 9.10. The van der Waals surface area contributed by atoms with Gasteiger partial charge < -0.3 is 30.6 Å². The SMILES string of the molecule is CC[C@@H](c1ccc(S(=O)(=O)c2cccc(OC=CC(=O)Nc3ccc(CNC[C@H](O)c4ccc(O)c5[nH]c(=O)ccc45)c(C)n3)c2)cc1)N1CCN(C2CCCCC2)CC1. The molecule has 0 unspecified atom stereocenters. The second kappa shape index (κ2) is 19.3. The quantitative estimate of drug-likeness (QED) is 0.0573. The summed E-state index contributed by atoms with van der Waals surface area (Å²) in [5.74, 6) is 0.0305. The number of carbonyl (C=O) groups is 1. The summed E-state index contributed by atoms with van der Waals surface area (Å²) in [7, 11) is -3.83. The van der Waals surface area contributed by atoms with E-state index in [0.717, 1.165) is 49.8 Å². The number of pyridine rings is 2. The van der Waals surface area contributed by atoms with Crippen LogP contribution >= 0.6 is 0 Å². The molecule has 1 saturated heterocycles. The van der Waals surface area contributed by atoms with Crippen LogP contribution in [-0.2, 0) is 21.2 Å². The number of benzene rings is 3. The lowest BCUT2D eigenvalue weighted by molar-refractivity contribution is -0.112. The van der Waals surface area contributed by atoms with Crippen molar-refractivity contribution < 1.29 is 28.2 Å². The first-order chi connectivity index (χ1) is 29.0. The van der Waals surface area contributed by atoms with Crippen LogP contribution in [0.1, 0.15) is 80.0 Å². The Morgan fingerprint density at radius 1 is 0.967 bits per heavy atom. The van der Waals surface area contributed by atoms with E-state index >= 15 is 0 Å². The third-order valence-electron chi connectivity index (χ3n) is 11.7. The number of aromatic nitrogens is 2. The highest BCUT2D eigenvalue weighted by Crippen LogP contribution is 2.32. The molecule has 13 nitrogen and oxygen atoms in total. The highest BCUT2D eigenvalue weighted by molar-refractivity contribution is 7.91. The molecule has 1 aliphatic heterocycles. The number of amides is 1. The smallest absolute Gasteiger partial charge is 0.252 e. The maximum atomic E-state index is 13.7. The number of aliphatic hydroxyl groups excluding tert-OH is 1. The number of rotatable bonds is 15. The Bertz CT molecular complexity index is 2480. The van der Waals surface area contributed by atoms with Gasteiger partial charge in [0.25, 0.3) is 5.91 Å². The number of hydrogen-bond donors (Lipinski definition) is 5. The van der Waals surface area contributed by atoms with Crippen molar-refractivity contribution in [2.24, 2.45) is 0 Å². The maximum absolute atomic E-state index is 13.7. The number of aliphatic hydroxyl groups is 1. The van der Waals surface area contributed by atoms with Gasteiger partial charge in [-0.2, -0.15) is 0 Å². The van der Waals surface area contributed by atoms with Crippen molar-refractivity contribution in [3.8, 4) is 11.5 Å². The van der Waals surface area contributed by atoms with Crippen LogP contribution in [0.25, 0.3) is 10.9 Å². The Kier molecular flexibility index (Phi) is 13.8. The van der Waals surface area contributed by atoms with E-state index in [1.54, 1.807) is 42.5 Å². The molecule has 0 radical (unpaired) electrons. The van der Waals surface area contributed by atoms with Crippen molar-refractivity contribution in [2.75, 3.05) is 38.0 Å². The van der Waals surface area contributed by atoms with E-state index < -0.39 is 21.8 Å². The van der Waals surface area contributed by atoms with Crippen molar-refractivity contribution in [3.63, 3.8) is 0 Å². The Hall–Kier alpha value is -5.38. The Morgan fingerprint density at radius 2 is 1.73 bits per heavy atom. The van der Waals surface area contributed by atoms with Gasteiger partial charge in [0.1, 0.15) is 17.3 Å². The van der Waals surface area contributed by atoms with Crippen molar-refractivity contribution in [1.29, 1.82) is 0 Å². The van der Waals surface area contributed by atoms with E-state index in [1.165, 1.54) is 68.7 Å². The average Bonchev–Trinajstić information content (AvgIpc) is 3.26. The molecule has 2 fully saturated rings. The van der Waals surface area contributed by atoms with Gasteiger partial charge in [-0.15, -0.1) is 0 Å². The minimum absolute atomic E-state index is 0.0763. The summed E-state index contributed by atoms with van der Waals surface area (Å²) in [5, 5.41) is 27.5. The normalized spacial score (nSPS) is 16.9. The lowest BCUT2D eigenvalue weighted by Crippen LogP contribution is -2.51. The molecular formula is C46H54N6O7S. The van der Waals surface area contributed by atoms with Crippen LogP contribution in [0.3, 0.4) is 0 Å². The highest BCUT2D eigenvalue weighted by atomic mass is 32.2. The molecule has 1 saturated carbocycles. The maximum Gasteiger partial charge on any atom is 0.252 e. The standard InChI is InChI=1S/C46H54N6O7S/c1-3-40(52-25-23-51(24-26-52)34-8-5-4-6-9-34)32-12-15-36(16-13-32)60(57,58)37-11-7-10-35(28-37)59-27-22-45(56)49-43-20-14-33(31(2)48-43)29-47-30-42(54)38-17-19-41(53)46-39(38)18-21-44(55)50-46/h7,10-22,27-28,34,40,42,47,53-54H,3-6,8-9,23-26,29-30H2,1-2H3,(H,50,55)(H,48,49,56)/t40-,42-/m0/s1. The van der Waals surface area contributed by atoms with Crippen molar-refractivity contribution in [1.82, 2.24) is 25.1 Å². The van der Waals surface area contributed by atoms with Gasteiger partial charge in [-0.1, -0.05) is 56.5 Å². The summed E-state index contributed by atoms with van der Waals surface area (Å²) in [6, 6.07) is 23.9. The average molecular weight is 835 g/mol. The fourth-order valence-corrected chi connectivity index (χ4v) is 9.77. The Labute approximate surface area is 351 Å². The van der Waals surface area contributed by atoms with Crippen LogP contribution in [0.2, 0.25) is 0 Å². The number of nitrogens with one attached hydrogen (secondary N) is 3. The first kappa shape index (κ1) is 42.7. The molecule has 316 valence electrons. The van der Waals surface area contributed by atoms with Gasteiger partial charge in [0.15, 0.2) is 0 Å². The first-order valence-corrected chi connectivity index (χ1v) is 22.3. The number of fused-ring (bicyclic) bond motifs is 1. The van der Waals surface area contributed by atoms with Gasteiger partial charge in [0, 0.05) is 74.6 Å². The number of aromatic hydroxyl groups is 1. The van der Waals surface area contributed by atoms with E-state index in [-0.39, 0.29) is 45.0 Å². The molecule has 3 aromatic carbocycles. The fourth-order valence-electron chi connectivity index (χ4n) is 8.48. The lowest BCUT2D eigenvalue weighted by Gasteiger charge is -2.43. The molecule has 1 amide bonds.